The highest BCUT2D eigenvalue weighted by Crippen LogP contribution is 2.54. The van der Waals surface area contributed by atoms with Crippen LogP contribution in [0.25, 0.3) is 0 Å². The molecule has 1 aliphatic heterocycles. The zero-order valence-corrected chi connectivity index (χ0v) is 9.04. The second-order valence-electron chi connectivity index (χ2n) is 4.94. The van der Waals surface area contributed by atoms with Gasteiger partial charge in [0.25, 0.3) is 0 Å². The predicted molar refractivity (Wildman–Crippen MR) is 57.2 cm³/mol. The van der Waals surface area contributed by atoms with E-state index in [1.807, 2.05) is 0 Å². The van der Waals surface area contributed by atoms with Gasteiger partial charge in [-0.1, -0.05) is 0 Å². The maximum Gasteiger partial charge on any atom is 0.338 e. The van der Waals surface area contributed by atoms with E-state index in [1.54, 1.807) is 4.90 Å². The first kappa shape index (κ1) is 10.5. The van der Waals surface area contributed by atoms with Gasteiger partial charge in [0.15, 0.2) is 0 Å². The summed E-state index contributed by atoms with van der Waals surface area (Å²) < 4.78 is 26.8. The van der Waals surface area contributed by atoms with Crippen LogP contribution in [0, 0.1) is 17.0 Å². The predicted octanol–water partition coefficient (Wildman–Crippen LogP) is 2.26. The Labute approximate surface area is 96.7 Å². The van der Waals surface area contributed by atoms with Crippen molar-refractivity contribution in [3.8, 4) is 0 Å². The molecule has 3 nitrogen and oxygen atoms in total. The molecule has 17 heavy (non-hydrogen) atoms. The molecule has 1 aromatic carbocycles. The zero-order chi connectivity index (χ0) is 12.2. The summed E-state index contributed by atoms with van der Waals surface area (Å²) in [6.45, 7) is 1.49. The van der Waals surface area contributed by atoms with Gasteiger partial charge in [-0.3, -0.25) is 0 Å². The number of anilines is 1. The topological polar surface area (TPSA) is 40.5 Å². The summed E-state index contributed by atoms with van der Waals surface area (Å²) in [5.41, 5.74) is 0.0592. The largest absolute Gasteiger partial charge is 0.478 e. The smallest absolute Gasteiger partial charge is 0.338 e. The molecule has 0 aromatic heterocycles. The first-order chi connectivity index (χ1) is 8.01. The number of rotatable bonds is 2. The van der Waals surface area contributed by atoms with E-state index < -0.39 is 23.2 Å². The highest BCUT2D eigenvalue weighted by molar-refractivity contribution is 5.89. The molecule has 0 bridgehead atoms. The summed E-state index contributed by atoms with van der Waals surface area (Å²) in [6, 6.07) is 1.74. The Balaban J connectivity index is 1.93. The van der Waals surface area contributed by atoms with E-state index in [4.69, 9.17) is 5.11 Å². The average Bonchev–Trinajstić information content (AvgIpc) is 2.95. The Morgan fingerprint density at radius 2 is 1.88 bits per heavy atom. The normalized spacial score (nSPS) is 20.2. The van der Waals surface area contributed by atoms with Crippen LogP contribution >= 0.6 is 0 Å². The minimum Gasteiger partial charge on any atom is -0.478 e. The Morgan fingerprint density at radius 3 is 2.41 bits per heavy atom. The molecule has 90 valence electrons. The summed E-state index contributed by atoms with van der Waals surface area (Å²) in [5.74, 6) is -3.09. The molecule has 0 atom stereocenters. The molecule has 1 aliphatic carbocycles. The van der Waals surface area contributed by atoms with Crippen molar-refractivity contribution in [2.75, 3.05) is 18.0 Å². The third kappa shape index (κ3) is 1.57. The number of hydrogen-bond acceptors (Lipinski definition) is 2. The van der Waals surface area contributed by atoms with Crippen molar-refractivity contribution in [3.63, 3.8) is 0 Å². The molecular weight excluding hydrogens is 228 g/mol. The molecule has 0 amide bonds. The molecule has 0 radical (unpaired) electrons. The number of benzene rings is 1. The lowest BCUT2D eigenvalue weighted by atomic mass is 9.95. The summed E-state index contributed by atoms with van der Waals surface area (Å²) in [6.07, 6.45) is 2.30. The van der Waals surface area contributed by atoms with Gasteiger partial charge in [0.1, 0.15) is 11.6 Å². The van der Waals surface area contributed by atoms with Crippen LogP contribution in [0.2, 0.25) is 0 Å². The van der Waals surface area contributed by atoms with E-state index in [1.165, 1.54) is 0 Å². The number of nitrogens with zero attached hydrogens (tertiary/aromatic N) is 1. The van der Waals surface area contributed by atoms with E-state index >= 15 is 0 Å². The SMILES string of the molecule is O=C(O)c1cc(N2CC3(CC3)C2)c(F)cc1F. The van der Waals surface area contributed by atoms with Crippen LogP contribution in [0.15, 0.2) is 12.1 Å². The monoisotopic (exact) mass is 239 g/mol. The van der Waals surface area contributed by atoms with Gasteiger partial charge in [0.2, 0.25) is 0 Å². The molecule has 1 saturated carbocycles. The van der Waals surface area contributed by atoms with Crippen LogP contribution in [0.1, 0.15) is 23.2 Å². The Morgan fingerprint density at radius 1 is 1.24 bits per heavy atom. The standard InChI is InChI=1S/C12H11F2NO2/c13-8-4-9(14)10(3-7(8)11(16)17)15-5-12(6-15)1-2-12/h3-4H,1-2,5-6H2,(H,16,17). The van der Waals surface area contributed by atoms with Crippen LogP contribution in [0.3, 0.4) is 0 Å². The first-order valence-electron chi connectivity index (χ1n) is 5.48. The number of carbonyl (C=O) groups is 1. The van der Waals surface area contributed by atoms with Gasteiger partial charge in [-0.15, -0.1) is 0 Å². The van der Waals surface area contributed by atoms with Crippen molar-refractivity contribution in [2.45, 2.75) is 12.8 Å². The maximum atomic E-state index is 13.6. The number of hydrogen-bond donors (Lipinski definition) is 1. The molecule has 1 spiro atoms. The van der Waals surface area contributed by atoms with Gasteiger partial charge < -0.3 is 10.0 Å². The fraction of sp³-hybridized carbons (Fsp3) is 0.417. The molecule has 2 fully saturated rings. The maximum absolute atomic E-state index is 13.6. The van der Waals surface area contributed by atoms with Crippen LogP contribution in [0.5, 0.6) is 0 Å². The third-order valence-electron chi connectivity index (χ3n) is 3.62. The summed E-state index contributed by atoms with van der Waals surface area (Å²) in [5, 5.41) is 8.79. The highest BCUT2D eigenvalue weighted by Gasteiger charge is 2.52. The van der Waals surface area contributed by atoms with Crippen molar-refractivity contribution in [1.82, 2.24) is 0 Å². The van der Waals surface area contributed by atoms with Crippen LogP contribution in [0.4, 0.5) is 14.5 Å². The number of halogens is 2. The number of aromatic carboxylic acids is 1. The van der Waals surface area contributed by atoms with Gasteiger partial charge in [-0.05, 0) is 18.9 Å². The van der Waals surface area contributed by atoms with Crippen molar-refractivity contribution >= 4 is 11.7 Å². The first-order valence-corrected chi connectivity index (χ1v) is 5.48. The van der Waals surface area contributed by atoms with E-state index in [0.717, 1.165) is 32.0 Å². The van der Waals surface area contributed by atoms with Crippen molar-refractivity contribution in [1.29, 1.82) is 0 Å². The van der Waals surface area contributed by atoms with E-state index in [-0.39, 0.29) is 5.69 Å². The molecular formula is C12H11F2NO2. The fourth-order valence-corrected chi connectivity index (χ4v) is 2.37. The quantitative estimate of drug-likeness (QED) is 0.860. The molecule has 1 heterocycles. The van der Waals surface area contributed by atoms with Gasteiger partial charge in [-0.25, -0.2) is 13.6 Å². The molecule has 5 heteroatoms. The fourth-order valence-electron chi connectivity index (χ4n) is 2.37. The lowest BCUT2D eigenvalue weighted by Gasteiger charge is -2.42. The minimum atomic E-state index is -1.37. The Hall–Kier alpha value is -1.65. The lowest BCUT2D eigenvalue weighted by Crippen LogP contribution is -2.49. The Kier molecular flexibility index (Phi) is 1.97. The van der Waals surface area contributed by atoms with Crippen molar-refractivity contribution < 1.29 is 18.7 Å². The summed E-state index contributed by atoms with van der Waals surface area (Å²) >= 11 is 0. The second kappa shape index (κ2) is 3.18. The van der Waals surface area contributed by atoms with Gasteiger partial charge in [-0.2, -0.15) is 0 Å². The van der Waals surface area contributed by atoms with Crippen LogP contribution in [-0.2, 0) is 0 Å². The van der Waals surface area contributed by atoms with E-state index in [2.05, 4.69) is 0 Å². The molecule has 1 N–H and O–H groups in total. The average molecular weight is 239 g/mol. The number of carboxylic acids is 1. The Bertz CT molecular complexity index is 503. The summed E-state index contributed by atoms with van der Waals surface area (Å²) in [7, 11) is 0. The van der Waals surface area contributed by atoms with Crippen molar-refractivity contribution in [3.05, 3.63) is 29.3 Å². The molecule has 3 rings (SSSR count). The minimum absolute atomic E-state index is 0.196. The van der Waals surface area contributed by atoms with Gasteiger partial charge in [0, 0.05) is 24.6 Å². The molecule has 0 unspecified atom stereocenters. The third-order valence-corrected chi connectivity index (χ3v) is 3.62. The molecule has 2 aliphatic rings. The van der Waals surface area contributed by atoms with Crippen LogP contribution in [-0.4, -0.2) is 24.2 Å². The second-order valence-corrected chi connectivity index (χ2v) is 4.94. The number of carboxylic acid groups (broad SMARTS) is 1. The van der Waals surface area contributed by atoms with Crippen molar-refractivity contribution in [2.24, 2.45) is 5.41 Å². The molecule has 1 aromatic rings. The van der Waals surface area contributed by atoms with E-state index in [9.17, 15) is 13.6 Å². The van der Waals surface area contributed by atoms with E-state index in [0.29, 0.717) is 11.5 Å². The highest BCUT2D eigenvalue weighted by atomic mass is 19.1. The lowest BCUT2D eigenvalue weighted by molar-refractivity contribution is 0.0692. The zero-order valence-electron chi connectivity index (χ0n) is 9.04. The van der Waals surface area contributed by atoms with Crippen LogP contribution < -0.4 is 4.90 Å². The molecule has 1 saturated heterocycles. The van der Waals surface area contributed by atoms with Gasteiger partial charge >= 0.3 is 5.97 Å². The van der Waals surface area contributed by atoms with Gasteiger partial charge in [0.05, 0.1) is 11.3 Å². The summed E-state index contributed by atoms with van der Waals surface area (Å²) in [4.78, 5) is 12.5.